The lowest BCUT2D eigenvalue weighted by Crippen LogP contribution is -2.47. The number of benzene rings is 2. The maximum absolute atomic E-state index is 12.8. The number of amides is 6. The molecule has 256 valence electrons. The van der Waals surface area contributed by atoms with E-state index in [0.29, 0.717) is 22.5 Å². The first kappa shape index (κ1) is 38.0. The highest BCUT2D eigenvalue weighted by molar-refractivity contribution is 5.96. The van der Waals surface area contributed by atoms with Crippen LogP contribution in [0.1, 0.15) is 62.3 Å². The Morgan fingerprint density at radius 3 is 1.36 bits per heavy atom. The van der Waals surface area contributed by atoms with E-state index in [1.54, 1.807) is 65.8 Å². The van der Waals surface area contributed by atoms with E-state index in [2.05, 4.69) is 26.6 Å². The highest BCUT2D eigenvalue weighted by Crippen LogP contribution is 2.14. The molecular formula is C32H45N7O8. The molecule has 15 heteroatoms. The Kier molecular flexibility index (Phi) is 14.1. The van der Waals surface area contributed by atoms with Crippen molar-refractivity contribution in [2.45, 2.75) is 52.7 Å². The van der Waals surface area contributed by atoms with Gasteiger partial charge in [-0.25, -0.2) is 9.59 Å². The number of hydrogen-bond donors (Lipinski definition) is 6. The molecule has 0 aliphatic heterocycles. The Morgan fingerprint density at radius 2 is 1.02 bits per heavy atom. The van der Waals surface area contributed by atoms with Crippen LogP contribution in [0, 0.1) is 0 Å². The van der Waals surface area contributed by atoms with E-state index in [0.717, 1.165) is 0 Å². The lowest BCUT2D eigenvalue weighted by Gasteiger charge is -2.23. The second kappa shape index (κ2) is 17.5. The van der Waals surface area contributed by atoms with Crippen LogP contribution in [0.4, 0.5) is 21.0 Å². The lowest BCUT2D eigenvalue weighted by atomic mass is 10.2. The summed E-state index contributed by atoms with van der Waals surface area (Å²) in [7, 11) is 0. The molecule has 0 aromatic heterocycles. The Hall–Kier alpha value is -5.18. The van der Waals surface area contributed by atoms with Crippen molar-refractivity contribution >= 4 is 47.2 Å². The van der Waals surface area contributed by atoms with Crippen LogP contribution in [0.3, 0.4) is 0 Å². The van der Waals surface area contributed by atoms with Crippen molar-refractivity contribution in [3.8, 4) is 0 Å². The van der Waals surface area contributed by atoms with E-state index in [-0.39, 0.29) is 39.3 Å². The summed E-state index contributed by atoms with van der Waals surface area (Å²) in [5.74, 6) is -1.76. The summed E-state index contributed by atoms with van der Waals surface area (Å²) in [6, 6.07) is 12.4. The number of ether oxygens (including phenoxy) is 2. The molecule has 0 heterocycles. The van der Waals surface area contributed by atoms with E-state index >= 15 is 0 Å². The molecule has 2 rings (SSSR count). The monoisotopic (exact) mass is 655 g/mol. The standard InChI is InChI=1S/C32H45N7O8/c1-31(2,3)46-29(44)37-23-11-7-21(8-12-23)27(42)34-15-17-39(26(41)20-36-25(40)19-33)18-16-35-28(43)22-9-13-24(14-10-22)38-30(45)47-32(4,5)6/h7-14H,15-20,33H2,1-6H3,(H,34,42)(H,35,43)(H,36,40)(H,37,44)(H,38,45). The highest BCUT2D eigenvalue weighted by Gasteiger charge is 2.19. The molecule has 0 aliphatic carbocycles. The molecule has 15 nitrogen and oxygen atoms in total. The molecule has 6 amide bonds. The minimum Gasteiger partial charge on any atom is -0.444 e. The minimum atomic E-state index is -0.656. The predicted octanol–water partition coefficient (Wildman–Crippen LogP) is 2.44. The number of nitrogens with one attached hydrogen (secondary N) is 5. The molecule has 0 spiro atoms. The molecule has 7 N–H and O–H groups in total. The van der Waals surface area contributed by atoms with Crippen LogP contribution in [0.25, 0.3) is 0 Å². The van der Waals surface area contributed by atoms with Gasteiger partial charge in [0.1, 0.15) is 11.2 Å². The third kappa shape index (κ3) is 15.1. The number of anilines is 2. The molecule has 0 bridgehead atoms. The van der Waals surface area contributed by atoms with Crippen LogP contribution in [0.5, 0.6) is 0 Å². The van der Waals surface area contributed by atoms with Crippen molar-refractivity contribution < 1.29 is 38.2 Å². The van der Waals surface area contributed by atoms with Crippen LogP contribution >= 0.6 is 0 Å². The summed E-state index contributed by atoms with van der Waals surface area (Å²) in [6.45, 7) is 10.2. The zero-order valence-corrected chi connectivity index (χ0v) is 27.7. The van der Waals surface area contributed by atoms with E-state index in [4.69, 9.17) is 15.2 Å². The van der Waals surface area contributed by atoms with Crippen molar-refractivity contribution in [3.63, 3.8) is 0 Å². The lowest BCUT2D eigenvalue weighted by molar-refractivity contribution is -0.132. The Balaban J connectivity index is 1.91. The Labute approximate surface area is 274 Å². The maximum Gasteiger partial charge on any atom is 0.412 e. The summed E-state index contributed by atoms with van der Waals surface area (Å²) in [5.41, 5.74) is 5.53. The first-order valence-electron chi connectivity index (χ1n) is 15.0. The molecule has 0 saturated carbocycles. The maximum atomic E-state index is 12.8. The fourth-order valence-electron chi connectivity index (χ4n) is 3.79. The van der Waals surface area contributed by atoms with E-state index < -0.39 is 47.0 Å². The molecule has 47 heavy (non-hydrogen) atoms. The number of rotatable bonds is 13. The van der Waals surface area contributed by atoms with Gasteiger partial charge >= 0.3 is 12.2 Å². The summed E-state index contributed by atoms with van der Waals surface area (Å²) < 4.78 is 10.4. The second-order valence-corrected chi connectivity index (χ2v) is 12.3. The van der Waals surface area contributed by atoms with Crippen molar-refractivity contribution in [1.29, 1.82) is 0 Å². The van der Waals surface area contributed by atoms with Gasteiger partial charge in [-0.1, -0.05) is 0 Å². The summed E-state index contributed by atoms with van der Waals surface area (Å²) in [6.07, 6.45) is -1.24. The van der Waals surface area contributed by atoms with E-state index in [9.17, 15) is 28.8 Å². The molecule has 2 aromatic rings. The largest absolute Gasteiger partial charge is 0.444 e. The first-order valence-corrected chi connectivity index (χ1v) is 15.0. The van der Waals surface area contributed by atoms with Crippen molar-refractivity contribution in [2.24, 2.45) is 5.73 Å². The molecular weight excluding hydrogens is 610 g/mol. The van der Waals surface area contributed by atoms with E-state index in [1.165, 1.54) is 29.2 Å². The number of hydrogen-bond acceptors (Lipinski definition) is 9. The van der Waals surface area contributed by atoms with Crippen LogP contribution in [-0.2, 0) is 19.1 Å². The third-order valence-electron chi connectivity index (χ3n) is 5.89. The molecule has 0 aliphatic rings. The zero-order valence-electron chi connectivity index (χ0n) is 27.7. The van der Waals surface area contributed by atoms with Gasteiger partial charge in [0.15, 0.2) is 0 Å². The van der Waals surface area contributed by atoms with Crippen LogP contribution in [-0.4, -0.2) is 91.2 Å². The predicted molar refractivity (Wildman–Crippen MR) is 176 cm³/mol. The van der Waals surface area contributed by atoms with Gasteiger partial charge in [-0.05, 0) is 90.1 Å². The van der Waals surface area contributed by atoms with Crippen molar-refractivity contribution in [2.75, 3.05) is 49.9 Å². The van der Waals surface area contributed by atoms with Crippen molar-refractivity contribution in [3.05, 3.63) is 59.7 Å². The highest BCUT2D eigenvalue weighted by atomic mass is 16.6. The minimum absolute atomic E-state index is 0.0768. The summed E-state index contributed by atoms with van der Waals surface area (Å²) in [4.78, 5) is 75.1. The van der Waals surface area contributed by atoms with Crippen LogP contribution in [0.2, 0.25) is 0 Å². The van der Waals surface area contributed by atoms with Gasteiger partial charge in [0.2, 0.25) is 11.8 Å². The van der Waals surface area contributed by atoms with Gasteiger partial charge in [-0.2, -0.15) is 0 Å². The SMILES string of the molecule is CC(C)(C)OC(=O)Nc1ccc(C(=O)NCCN(CCNC(=O)c2ccc(NC(=O)OC(C)(C)C)cc2)C(=O)CNC(=O)CN)cc1. The van der Waals surface area contributed by atoms with Gasteiger partial charge in [-0.3, -0.25) is 29.8 Å². The number of nitrogens with zero attached hydrogens (tertiary/aromatic N) is 1. The normalized spacial score (nSPS) is 11.0. The zero-order chi connectivity index (χ0) is 35.2. The average Bonchev–Trinajstić information content (AvgIpc) is 2.97. The van der Waals surface area contributed by atoms with E-state index in [1.807, 2.05) is 0 Å². The summed E-state index contributed by atoms with van der Waals surface area (Å²) in [5, 5.41) is 13.1. The molecule has 0 unspecified atom stereocenters. The fourth-order valence-corrected chi connectivity index (χ4v) is 3.79. The Morgan fingerprint density at radius 1 is 0.638 bits per heavy atom. The van der Waals surface area contributed by atoms with Gasteiger partial charge in [-0.15, -0.1) is 0 Å². The molecule has 0 atom stereocenters. The van der Waals surface area contributed by atoms with Gasteiger partial charge < -0.3 is 36.1 Å². The first-order chi connectivity index (χ1) is 22.0. The fraction of sp³-hybridized carbons (Fsp3) is 0.438. The smallest absolute Gasteiger partial charge is 0.412 e. The molecule has 0 fully saturated rings. The third-order valence-corrected chi connectivity index (χ3v) is 5.89. The van der Waals surface area contributed by atoms with Gasteiger partial charge in [0.25, 0.3) is 11.8 Å². The van der Waals surface area contributed by atoms with Crippen molar-refractivity contribution in [1.82, 2.24) is 20.9 Å². The van der Waals surface area contributed by atoms with Gasteiger partial charge in [0, 0.05) is 48.7 Å². The average molecular weight is 656 g/mol. The number of carbonyl (C=O) groups excluding carboxylic acids is 6. The molecule has 2 aromatic carbocycles. The molecule has 0 radical (unpaired) electrons. The Bertz CT molecular complexity index is 1310. The van der Waals surface area contributed by atoms with Crippen LogP contribution < -0.4 is 32.3 Å². The number of nitrogens with two attached hydrogens (primary N) is 1. The second-order valence-electron chi connectivity index (χ2n) is 12.3. The molecule has 0 saturated heterocycles. The van der Waals surface area contributed by atoms with Crippen LogP contribution in [0.15, 0.2) is 48.5 Å². The number of carbonyl (C=O) groups is 6. The summed E-state index contributed by atoms with van der Waals surface area (Å²) >= 11 is 0. The topological polar surface area (TPSA) is 210 Å². The quantitative estimate of drug-likeness (QED) is 0.187. The van der Waals surface area contributed by atoms with Gasteiger partial charge in [0.05, 0.1) is 13.1 Å².